The average molecular weight is 244 g/mol. The van der Waals surface area contributed by atoms with Crippen LogP contribution in [0.2, 0.25) is 0 Å². The van der Waals surface area contributed by atoms with Crippen LogP contribution in [0.5, 0.6) is 0 Å². The molecule has 1 atom stereocenters. The Morgan fingerprint density at radius 1 is 1.28 bits per heavy atom. The predicted octanol–water partition coefficient (Wildman–Crippen LogP) is 1.67. The summed E-state index contributed by atoms with van der Waals surface area (Å²) in [5.74, 6) is 0. The van der Waals surface area contributed by atoms with Gasteiger partial charge in [0.15, 0.2) is 0 Å². The second-order valence-corrected chi connectivity index (χ2v) is 4.69. The fourth-order valence-electron chi connectivity index (χ4n) is 2.47. The third kappa shape index (κ3) is 3.06. The van der Waals surface area contributed by atoms with Crippen LogP contribution < -0.4 is 0 Å². The first-order valence-corrected chi connectivity index (χ1v) is 6.61. The van der Waals surface area contributed by atoms with E-state index < -0.39 is 0 Å². The van der Waals surface area contributed by atoms with E-state index in [2.05, 4.69) is 27.8 Å². The van der Waals surface area contributed by atoms with E-state index in [9.17, 15) is 5.26 Å². The Morgan fingerprint density at radius 2 is 1.94 bits per heavy atom. The molecule has 2 heterocycles. The predicted molar refractivity (Wildman–Crippen MR) is 70.9 cm³/mol. The molecule has 4 heteroatoms. The van der Waals surface area contributed by atoms with Gasteiger partial charge in [-0.1, -0.05) is 6.92 Å². The van der Waals surface area contributed by atoms with E-state index in [0.29, 0.717) is 0 Å². The highest BCUT2D eigenvalue weighted by Gasteiger charge is 2.24. The minimum absolute atomic E-state index is 0.128. The van der Waals surface area contributed by atoms with Crippen LogP contribution in [0.15, 0.2) is 24.5 Å². The molecule has 1 saturated heterocycles. The molecule has 1 aromatic heterocycles. The molecule has 18 heavy (non-hydrogen) atoms. The second-order valence-electron chi connectivity index (χ2n) is 4.69. The number of nitrogens with zero attached hydrogens (tertiary/aromatic N) is 4. The summed E-state index contributed by atoms with van der Waals surface area (Å²) < 4.78 is 0. The molecule has 4 nitrogen and oxygen atoms in total. The molecule has 0 radical (unpaired) electrons. The van der Waals surface area contributed by atoms with Crippen LogP contribution in [0.1, 0.15) is 24.9 Å². The normalized spacial score (nSPS) is 19.3. The Bertz CT molecular complexity index is 390. The third-order valence-corrected chi connectivity index (χ3v) is 3.46. The molecule has 1 aliphatic rings. The van der Waals surface area contributed by atoms with E-state index >= 15 is 0 Å². The van der Waals surface area contributed by atoms with Crippen molar-refractivity contribution in [2.24, 2.45) is 0 Å². The molecular formula is C14H20N4. The number of nitriles is 1. The highest BCUT2D eigenvalue weighted by Crippen LogP contribution is 2.20. The molecule has 0 N–H and O–H groups in total. The van der Waals surface area contributed by atoms with Crippen molar-refractivity contribution in [1.29, 1.82) is 5.26 Å². The summed E-state index contributed by atoms with van der Waals surface area (Å²) in [4.78, 5) is 8.74. The van der Waals surface area contributed by atoms with Gasteiger partial charge in [-0.15, -0.1) is 0 Å². The Morgan fingerprint density at radius 3 is 2.50 bits per heavy atom. The van der Waals surface area contributed by atoms with Crippen molar-refractivity contribution >= 4 is 0 Å². The number of pyridine rings is 1. The number of hydrogen-bond donors (Lipinski definition) is 0. The SMILES string of the molecule is CCCN1CCN(C(C#N)c2ccncc2)CC1. The van der Waals surface area contributed by atoms with Crippen molar-refractivity contribution in [3.8, 4) is 6.07 Å². The maximum atomic E-state index is 9.38. The molecule has 2 rings (SSSR count). The van der Waals surface area contributed by atoms with Gasteiger partial charge < -0.3 is 4.90 Å². The van der Waals surface area contributed by atoms with Crippen LogP contribution >= 0.6 is 0 Å². The van der Waals surface area contributed by atoms with Crippen molar-refractivity contribution in [2.75, 3.05) is 32.7 Å². The molecule has 1 aromatic rings. The number of piperazine rings is 1. The van der Waals surface area contributed by atoms with Gasteiger partial charge in [-0.25, -0.2) is 0 Å². The average Bonchev–Trinajstić information content (AvgIpc) is 2.43. The Kier molecular flexibility index (Phi) is 4.68. The molecule has 1 unspecified atom stereocenters. The summed E-state index contributed by atoms with van der Waals surface area (Å²) in [6.45, 7) is 7.46. The smallest absolute Gasteiger partial charge is 0.124 e. The van der Waals surface area contributed by atoms with Gasteiger partial charge in [0.2, 0.25) is 0 Å². The van der Waals surface area contributed by atoms with E-state index in [4.69, 9.17) is 0 Å². The van der Waals surface area contributed by atoms with Gasteiger partial charge >= 0.3 is 0 Å². The van der Waals surface area contributed by atoms with Gasteiger partial charge in [0.05, 0.1) is 6.07 Å². The zero-order chi connectivity index (χ0) is 12.8. The van der Waals surface area contributed by atoms with Crippen LogP contribution in [-0.4, -0.2) is 47.5 Å². The molecule has 0 bridgehead atoms. The molecule has 0 aliphatic carbocycles. The van der Waals surface area contributed by atoms with Crippen LogP contribution in [-0.2, 0) is 0 Å². The first-order chi connectivity index (χ1) is 8.85. The van der Waals surface area contributed by atoms with Gasteiger partial charge in [-0.3, -0.25) is 9.88 Å². The second kappa shape index (κ2) is 6.48. The minimum Gasteiger partial charge on any atom is -0.301 e. The van der Waals surface area contributed by atoms with Crippen molar-refractivity contribution in [3.05, 3.63) is 30.1 Å². The van der Waals surface area contributed by atoms with E-state index in [1.54, 1.807) is 12.4 Å². The van der Waals surface area contributed by atoms with E-state index in [0.717, 1.165) is 31.7 Å². The van der Waals surface area contributed by atoms with E-state index in [-0.39, 0.29) is 6.04 Å². The molecular weight excluding hydrogens is 224 g/mol. The van der Waals surface area contributed by atoms with Crippen molar-refractivity contribution in [3.63, 3.8) is 0 Å². The lowest BCUT2D eigenvalue weighted by Crippen LogP contribution is -2.47. The number of rotatable bonds is 4. The lowest BCUT2D eigenvalue weighted by Gasteiger charge is -2.36. The van der Waals surface area contributed by atoms with Crippen molar-refractivity contribution < 1.29 is 0 Å². The fourth-order valence-corrected chi connectivity index (χ4v) is 2.47. The van der Waals surface area contributed by atoms with Crippen molar-refractivity contribution in [1.82, 2.24) is 14.8 Å². The standard InChI is InChI=1S/C14H20N4/c1-2-7-17-8-10-18(11-9-17)14(12-15)13-3-5-16-6-4-13/h3-6,14H,2,7-11H2,1H3. The van der Waals surface area contributed by atoms with Gasteiger partial charge in [0.1, 0.15) is 6.04 Å². The Hall–Kier alpha value is -1.44. The first kappa shape index (κ1) is 13.0. The summed E-state index contributed by atoms with van der Waals surface area (Å²) in [6.07, 6.45) is 4.71. The zero-order valence-electron chi connectivity index (χ0n) is 10.9. The quantitative estimate of drug-likeness (QED) is 0.808. The minimum atomic E-state index is -0.128. The highest BCUT2D eigenvalue weighted by molar-refractivity contribution is 5.21. The van der Waals surface area contributed by atoms with Crippen LogP contribution in [0, 0.1) is 11.3 Å². The largest absolute Gasteiger partial charge is 0.301 e. The van der Waals surface area contributed by atoms with E-state index in [1.165, 1.54) is 13.0 Å². The highest BCUT2D eigenvalue weighted by atomic mass is 15.3. The molecule has 96 valence electrons. The third-order valence-electron chi connectivity index (χ3n) is 3.46. The molecule has 0 amide bonds. The molecule has 0 saturated carbocycles. The Labute approximate surface area is 109 Å². The molecule has 0 spiro atoms. The van der Waals surface area contributed by atoms with Gasteiger partial charge in [-0.05, 0) is 30.7 Å². The van der Waals surface area contributed by atoms with Gasteiger partial charge in [0, 0.05) is 38.6 Å². The Balaban J connectivity index is 1.97. The molecule has 1 aliphatic heterocycles. The maximum Gasteiger partial charge on any atom is 0.124 e. The fraction of sp³-hybridized carbons (Fsp3) is 0.571. The van der Waals surface area contributed by atoms with E-state index in [1.807, 2.05) is 12.1 Å². The summed E-state index contributed by atoms with van der Waals surface area (Å²) in [6, 6.07) is 6.16. The zero-order valence-corrected chi connectivity index (χ0v) is 10.9. The monoisotopic (exact) mass is 244 g/mol. The number of hydrogen-bond acceptors (Lipinski definition) is 4. The lowest BCUT2D eigenvalue weighted by molar-refractivity contribution is 0.114. The van der Waals surface area contributed by atoms with Crippen LogP contribution in [0.4, 0.5) is 0 Å². The van der Waals surface area contributed by atoms with Gasteiger partial charge in [0.25, 0.3) is 0 Å². The number of aromatic nitrogens is 1. The molecule has 1 fully saturated rings. The summed E-state index contributed by atoms with van der Waals surface area (Å²) in [7, 11) is 0. The first-order valence-electron chi connectivity index (χ1n) is 6.61. The van der Waals surface area contributed by atoms with Crippen molar-refractivity contribution in [2.45, 2.75) is 19.4 Å². The summed E-state index contributed by atoms with van der Waals surface area (Å²) >= 11 is 0. The van der Waals surface area contributed by atoms with Crippen LogP contribution in [0.25, 0.3) is 0 Å². The van der Waals surface area contributed by atoms with Gasteiger partial charge in [-0.2, -0.15) is 5.26 Å². The summed E-state index contributed by atoms with van der Waals surface area (Å²) in [5, 5.41) is 9.38. The maximum absolute atomic E-state index is 9.38. The van der Waals surface area contributed by atoms with Crippen LogP contribution in [0.3, 0.4) is 0 Å². The molecule has 0 aromatic carbocycles. The topological polar surface area (TPSA) is 43.2 Å². The summed E-state index contributed by atoms with van der Waals surface area (Å²) in [5.41, 5.74) is 1.05. The lowest BCUT2D eigenvalue weighted by atomic mass is 10.1.